The van der Waals surface area contributed by atoms with Gasteiger partial charge in [0.25, 0.3) is 0 Å². The Morgan fingerprint density at radius 3 is 2.57 bits per heavy atom. The normalized spacial score (nSPS) is 16.0. The number of β-amino-alcohol motifs (C(OH)–C–C–N with tert-alkyl or cyclic N) is 1. The van der Waals surface area contributed by atoms with Crippen LogP contribution < -0.4 is 4.90 Å². The Labute approximate surface area is 138 Å². The summed E-state index contributed by atoms with van der Waals surface area (Å²) in [6.45, 7) is 4.16. The fourth-order valence-corrected chi connectivity index (χ4v) is 2.99. The van der Waals surface area contributed by atoms with Crippen LogP contribution in [0.25, 0.3) is 11.3 Å². The van der Waals surface area contributed by atoms with E-state index in [1.807, 2.05) is 0 Å². The summed E-state index contributed by atoms with van der Waals surface area (Å²) in [5.41, 5.74) is 2.05. The van der Waals surface area contributed by atoms with Crippen LogP contribution in [0.15, 0.2) is 18.3 Å². The zero-order chi connectivity index (χ0) is 16.4. The number of aromatic hydroxyl groups is 2. The number of aliphatic hydroxyl groups excluding tert-OH is 1. The molecule has 1 saturated heterocycles. The molecule has 1 aromatic carbocycles. The van der Waals surface area contributed by atoms with Gasteiger partial charge in [-0.1, -0.05) is 11.6 Å². The highest BCUT2D eigenvalue weighted by atomic mass is 35.5. The van der Waals surface area contributed by atoms with Gasteiger partial charge in [0.05, 0.1) is 29.2 Å². The second kappa shape index (κ2) is 6.66. The average Bonchev–Trinajstić information content (AvgIpc) is 3.01. The first-order valence-electron chi connectivity index (χ1n) is 7.43. The molecule has 7 nitrogen and oxygen atoms in total. The van der Waals surface area contributed by atoms with E-state index in [0.717, 1.165) is 31.9 Å². The SMILES string of the molecule is OCCN1CCN(c2cn[nH]c2-c2cc(Cl)c(O)cc2O)CC1. The number of aliphatic hydroxyl groups is 1. The minimum atomic E-state index is -0.161. The number of hydrogen-bond donors (Lipinski definition) is 4. The van der Waals surface area contributed by atoms with E-state index < -0.39 is 0 Å². The minimum absolute atomic E-state index is 0.0590. The smallest absolute Gasteiger partial charge is 0.137 e. The molecule has 1 aromatic heterocycles. The van der Waals surface area contributed by atoms with E-state index in [1.54, 1.807) is 6.20 Å². The van der Waals surface area contributed by atoms with E-state index in [-0.39, 0.29) is 23.1 Å². The lowest BCUT2D eigenvalue weighted by molar-refractivity contribution is 0.189. The molecule has 4 N–H and O–H groups in total. The van der Waals surface area contributed by atoms with E-state index in [9.17, 15) is 10.2 Å². The highest BCUT2D eigenvalue weighted by molar-refractivity contribution is 6.32. The van der Waals surface area contributed by atoms with Gasteiger partial charge in [-0.05, 0) is 6.07 Å². The van der Waals surface area contributed by atoms with Gasteiger partial charge < -0.3 is 20.2 Å². The molecular formula is C15H19ClN4O3. The van der Waals surface area contributed by atoms with Crippen LogP contribution in [0.3, 0.4) is 0 Å². The number of phenols is 2. The van der Waals surface area contributed by atoms with Gasteiger partial charge in [-0.15, -0.1) is 0 Å². The van der Waals surface area contributed by atoms with Crippen LogP contribution in [0, 0.1) is 0 Å². The Balaban J connectivity index is 1.85. The second-order valence-electron chi connectivity index (χ2n) is 5.50. The number of benzene rings is 1. The van der Waals surface area contributed by atoms with Crippen molar-refractivity contribution in [3.63, 3.8) is 0 Å². The monoisotopic (exact) mass is 338 g/mol. The summed E-state index contributed by atoms with van der Waals surface area (Å²) in [7, 11) is 0. The van der Waals surface area contributed by atoms with Gasteiger partial charge in [-0.3, -0.25) is 10.00 Å². The molecule has 1 aliphatic heterocycles. The Bertz CT molecular complexity index is 683. The first kappa shape index (κ1) is 15.9. The van der Waals surface area contributed by atoms with Gasteiger partial charge in [0.1, 0.15) is 11.5 Å². The number of nitrogens with one attached hydrogen (secondary N) is 1. The van der Waals surface area contributed by atoms with Gasteiger partial charge in [-0.2, -0.15) is 5.10 Å². The molecule has 0 saturated carbocycles. The zero-order valence-electron chi connectivity index (χ0n) is 12.5. The number of nitrogens with zero attached hydrogens (tertiary/aromatic N) is 3. The lowest BCUT2D eigenvalue weighted by Crippen LogP contribution is -2.47. The molecule has 124 valence electrons. The Morgan fingerprint density at radius 2 is 1.87 bits per heavy atom. The summed E-state index contributed by atoms with van der Waals surface area (Å²) >= 11 is 5.96. The van der Waals surface area contributed by atoms with Crippen molar-refractivity contribution in [2.75, 3.05) is 44.2 Å². The third-order valence-corrected chi connectivity index (χ3v) is 4.39. The Kier molecular flexibility index (Phi) is 4.61. The van der Waals surface area contributed by atoms with Crippen molar-refractivity contribution >= 4 is 17.3 Å². The Hall–Kier alpha value is -1.96. The quantitative estimate of drug-likeness (QED) is 0.670. The molecule has 0 spiro atoms. The highest BCUT2D eigenvalue weighted by Crippen LogP contribution is 2.40. The molecule has 8 heteroatoms. The fourth-order valence-electron chi connectivity index (χ4n) is 2.82. The summed E-state index contributed by atoms with van der Waals surface area (Å²) in [4.78, 5) is 4.37. The van der Waals surface area contributed by atoms with Crippen molar-refractivity contribution in [2.45, 2.75) is 0 Å². The van der Waals surface area contributed by atoms with Gasteiger partial charge in [0.15, 0.2) is 0 Å². The summed E-state index contributed by atoms with van der Waals surface area (Å²) in [5, 5.41) is 35.8. The number of phenolic OH excluding ortho intramolecular Hbond substituents is 2. The summed E-state index contributed by atoms with van der Waals surface area (Å²) in [5.74, 6) is -0.220. The molecular weight excluding hydrogens is 320 g/mol. The third kappa shape index (κ3) is 3.21. The molecule has 1 aliphatic rings. The standard InChI is InChI=1S/C15H19ClN4O3/c16-11-7-10(13(22)8-14(11)23)15-12(9-17-18-15)20-3-1-19(2-4-20)5-6-21/h7-9,21-23H,1-6H2,(H,17,18). The molecule has 0 atom stereocenters. The maximum Gasteiger partial charge on any atom is 0.137 e. The molecule has 2 heterocycles. The number of aromatic nitrogens is 2. The van der Waals surface area contributed by atoms with Crippen LogP contribution in [-0.2, 0) is 0 Å². The molecule has 0 amide bonds. The van der Waals surface area contributed by atoms with Crippen LogP contribution in [-0.4, -0.2) is 69.7 Å². The summed E-state index contributed by atoms with van der Waals surface area (Å²) < 4.78 is 0. The van der Waals surface area contributed by atoms with Crippen LogP contribution >= 0.6 is 11.6 Å². The fraction of sp³-hybridized carbons (Fsp3) is 0.400. The molecule has 1 fully saturated rings. The van der Waals surface area contributed by atoms with E-state index >= 15 is 0 Å². The molecule has 0 bridgehead atoms. The molecule has 3 rings (SSSR count). The lowest BCUT2D eigenvalue weighted by atomic mass is 10.1. The van der Waals surface area contributed by atoms with E-state index in [4.69, 9.17) is 16.7 Å². The van der Waals surface area contributed by atoms with E-state index in [0.29, 0.717) is 17.8 Å². The zero-order valence-corrected chi connectivity index (χ0v) is 13.3. The maximum absolute atomic E-state index is 10.1. The van der Waals surface area contributed by atoms with Gasteiger partial charge in [-0.25, -0.2) is 0 Å². The first-order chi connectivity index (χ1) is 11.1. The van der Waals surface area contributed by atoms with Crippen molar-refractivity contribution in [2.24, 2.45) is 0 Å². The number of H-pyrrole nitrogens is 1. The predicted octanol–water partition coefficient (Wildman–Crippen LogP) is 1.26. The summed E-state index contributed by atoms with van der Waals surface area (Å²) in [6, 6.07) is 2.74. The number of halogens is 1. The number of aromatic amines is 1. The topological polar surface area (TPSA) is 95.9 Å². The van der Waals surface area contributed by atoms with Crippen molar-refractivity contribution in [3.8, 4) is 22.8 Å². The molecule has 0 radical (unpaired) electrons. The second-order valence-corrected chi connectivity index (χ2v) is 5.91. The van der Waals surface area contributed by atoms with Crippen molar-refractivity contribution < 1.29 is 15.3 Å². The molecule has 2 aromatic rings. The molecule has 0 unspecified atom stereocenters. The van der Waals surface area contributed by atoms with Crippen LogP contribution in [0.5, 0.6) is 11.5 Å². The minimum Gasteiger partial charge on any atom is -0.507 e. The lowest BCUT2D eigenvalue weighted by Gasteiger charge is -2.35. The number of rotatable bonds is 4. The number of hydrogen-bond acceptors (Lipinski definition) is 6. The van der Waals surface area contributed by atoms with Gasteiger partial charge >= 0.3 is 0 Å². The van der Waals surface area contributed by atoms with Gasteiger partial charge in [0, 0.05) is 44.4 Å². The molecule has 0 aliphatic carbocycles. The van der Waals surface area contributed by atoms with Crippen LogP contribution in [0.1, 0.15) is 0 Å². The van der Waals surface area contributed by atoms with Crippen molar-refractivity contribution in [1.82, 2.24) is 15.1 Å². The molecule has 23 heavy (non-hydrogen) atoms. The van der Waals surface area contributed by atoms with Crippen molar-refractivity contribution in [3.05, 3.63) is 23.4 Å². The Morgan fingerprint density at radius 1 is 1.13 bits per heavy atom. The first-order valence-corrected chi connectivity index (χ1v) is 7.81. The largest absolute Gasteiger partial charge is 0.507 e. The summed E-state index contributed by atoms with van der Waals surface area (Å²) in [6.07, 6.45) is 1.72. The highest BCUT2D eigenvalue weighted by Gasteiger charge is 2.22. The van der Waals surface area contributed by atoms with Gasteiger partial charge in [0.2, 0.25) is 0 Å². The number of anilines is 1. The third-order valence-electron chi connectivity index (χ3n) is 4.08. The van der Waals surface area contributed by atoms with Crippen LogP contribution in [0.4, 0.5) is 5.69 Å². The number of piperazine rings is 1. The maximum atomic E-state index is 10.1. The average molecular weight is 339 g/mol. The van der Waals surface area contributed by atoms with E-state index in [1.165, 1.54) is 12.1 Å². The van der Waals surface area contributed by atoms with Crippen molar-refractivity contribution in [1.29, 1.82) is 0 Å². The van der Waals surface area contributed by atoms with E-state index in [2.05, 4.69) is 20.0 Å². The van der Waals surface area contributed by atoms with Crippen LogP contribution in [0.2, 0.25) is 5.02 Å². The predicted molar refractivity (Wildman–Crippen MR) is 88.1 cm³/mol.